The second-order valence-corrected chi connectivity index (χ2v) is 4.70. The average Bonchev–Trinajstić information content (AvgIpc) is 3.00. The van der Waals surface area contributed by atoms with Crippen molar-refractivity contribution in [1.29, 1.82) is 0 Å². The van der Waals surface area contributed by atoms with Gasteiger partial charge in [-0.1, -0.05) is 36.4 Å². The number of hydrogen-bond donors (Lipinski definition) is 2. The van der Waals surface area contributed by atoms with Gasteiger partial charge in [0.05, 0.1) is 17.5 Å². The number of anilines is 1. The van der Waals surface area contributed by atoms with E-state index in [0.717, 1.165) is 11.1 Å². The fourth-order valence-electron chi connectivity index (χ4n) is 2.01. The molecule has 104 valence electrons. The Bertz CT molecular complexity index is 747. The van der Waals surface area contributed by atoms with Gasteiger partial charge < -0.3 is 5.32 Å². The normalized spacial score (nSPS) is 10.3. The van der Waals surface area contributed by atoms with Gasteiger partial charge >= 0.3 is 0 Å². The van der Waals surface area contributed by atoms with Crippen molar-refractivity contribution in [2.75, 3.05) is 5.32 Å². The first-order valence-electron chi connectivity index (χ1n) is 6.57. The molecule has 0 spiro atoms. The molecule has 2 aromatic heterocycles. The Labute approximate surface area is 122 Å². The quantitative estimate of drug-likeness (QED) is 0.773. The highest BCUT2D eigenvalue weighted by Gasteiger charge is 2.15. The van der Waals surface area contributed by atoms with E-state index in [1.807, 2.05) is 43.3 Å². The van der Waals surface area contributed by atoms with Gasteiger partial charge in [-0.3, -0.25) is 9.89 Å². The molecule has 0 fully saturated rings. The standard InChI is InChI=1S/C16H14N4O/c1-11-7-8-14(17-9-11)19-16(21)13-10-18-20-15(13)12-5-3-2-4-6-12/h2-10H,1H3,(H,18,20)(H,17,19,21). The van der Waals surface area contributed by atoms with Gasteiger partial charge in [-0.05, 0) is 18.6 Å². The summed E-state index contributed by atoms with van der Waals surface area (Å²) in [5.41, 5.74) is 3.14. The Balaban J connectivity index is 1.86. The molecule has 0 aliphatic rings. The van der Waals surface area contributed by atoms with Gasteiger partial charge in [-0.25, -0.2) is 4.98 Å². The third kappa shape index (κ3) is 2.81. The molecule has 0 aliphatic carbocycles. The summed E-state index contributed by atoms with van der Waals surface area (Å²) in [6.45, 7) is 1.95. The van der Waals surface area contributed by atoms with Gasteiger partial charge in [-0.15, -0.1) is 0 Å². The van der Waals surface area contributed by atoms with Crippen LogP contribution >= 0.6 is 0 Å². The molecule has 3 rings (SSSR count). The Kier molecular flexibility index (Phi) is 3.47. The molecule has 5 nitrogen and oxygen atoms in total. The number of aromatic nitrogens is 3. The molecule has 2 heterocycles. The number of aryl methyl sites for hydroxylation is 1. The minimum atomic E-state index is -0.237. The molecule has 2 N–H and O–H groups in total. The summed E-state index contributed by atoms with van der Waals surface area (Å²) in [7, 11) is 0. The maximum atomic E-state index is 12.3. The molecule has 0 atom stereocenters. The van der Waals surface area contributed by atoms with Gasteiger partial charge in [0.25, 0.3) is 5.91 Å². The van der Waals surface area contributed by atoms with E-state index >= 15 is 0 Å². The van der Waals surface area contributed by atoms with Crippen molar-refractivity contribution in [2.24, 2.45) is 0 Å². The van der Waals surface area contributed by atoms with Crippen LogP contribution in [0, 0.1) is 6.92 Å². The number of hydrogen-bond acceptors (Lipinski definition) is 3. The molecule has 0 aliphatic heterocycles. The first-order chi connectivity index (χ1) is 10.2. The number of rotatable bonds is 3. The molecule has 21 heavy (non-hydrogen) atoms. The van der Waals surface area contributed by atoms with Gasteiger partial charge in [0, 0.05) is 11.8 Å². The predicted molar refractivity (Wildman–Crippen MR) is 81.0 cm³/mol. The fourth-order valence-corrected chi connectivity index (χ4v) is 2.01. The zero-order chi connectivity index (χ0) is 14.7. The van der Waals surface area contributed by atoms with Crippen molar-refractivity contribution in [3.63, 3.8) is 0 Å². The summed E-state index contributed by atoms with van der Waals surface area (Å²) < 4.78 is 0. The van der Waals surface area contributed by atoms with E-state index in [1.165, 1.54) is 6.20 Å². The summed E-state index contributed by atoms with van der Waals surface area (Å²) in [5.74, 6) is 0.282. The molecular weight excluding hydrogens is 264 g/mol. The molecule has 1 amide bonds. The van der Waals surface area contributed by atoms with E-state index < -0.39 is 0 Å². The number of pyridine rings is 1. The number of nitrogens with zero attached hydrogens (tertiary/aromatic N) is 2. The lowest BCUT2D eigenvalue weighted by Gasteiger charge is -2.05. The highest BCUT2D eigenvalue weighted by atomic mass is 16.1. The van der Waals surface area contributed by atoms with Crippen molar-refractivity contribution in [1.82, 2.24) is 15.2 Å². The Morgan fingerprint density at radius 1 is 1.10 bits per heavy atom. The summed E-state index contributed by atoms with van der Waals surface area (Å²) in [5, 5.41) is 9.61. The van der Waals surface area contributed by atoms with Crippen molar-refractivity contribution in [3.05, 3.63) is 66.0 Å². The van der Waals surface area contributed by atoms with Gasteiger partial charge in [0.1, 0.15) is 5.82 Å². The summed E-state index contributed by atoms with van der Waals surface area (Å²) in [6, 6.07) is 13.3. The van der Waals surface area contributed by atoms with Crippen molar-refractivity contribution in [3.8, 4) is 11.3 Å². The number of carbonyl (C=O) groups excluding carboxylic acids is 1. The number of benzene rings is 1. The van der Waals surface area contributed by atoms with Crippen LogP contribution in [-0.4, -0.2) is 21.1 Å². The molecule has 3 aromatic rings. The lowest BCUT2D eigenvalue weighted by molar-refractivity contribution is 0.102. The number of aromatic amines is 1. The Morgan fingerprint density at radius 3 is 2.62 bits per heavy atom. The molecule has 5 heteroatoms. The Hall–Kier alpha value is -2.95. The minimum Gasteiger partial charge on any atom is -0.306 e. The molecule has 0 unspecified atom stereocenters. The number of H-pyrrole nitrogens is 1. The molecule has 0 saturated carbocycles. The lowest BCUT2D eigenvalue weighted by atomic mass is 10.1. The lowest BCUT2D eigenvalue weighted by Crippen LogP contribution is -2.13. The molecule has 0 radical (unpaired) electrons. The van der Waals surface area contributed by atoms with E-state index in [2.05, 4.69) is 20.5 Å². The highest BCUT2D eigenvalue weighted by molar-refractivity contribution is 6.07. The monoisotopic (exact) mass is 278 g/mol. The van der Waals surface area contributed by atoms with Gasteiger partial charge in [0.15, 0.2) is 0 Å². The molecular formula is C16H14N4O. The topological polar surface area (TPSA) is 70.7 Å². The maximum absolute atomic E-state index is 12.3. The van der Waals surface area contributed by atoms with Crippen LogP contribution in [0.25, 0.3) is 11.3 Å². The highest BCUT2D eigenvalue weighted by Crippen LogP contribution is 2.21. The summed E-state index contributed by atoms with van der Waals surface area (Å²) >= 11 is 0. The maximum Gasteiger partial charge on any atom is 0.260 e. The second-order valence-electron chi connectivity index (χ2n) is 4.70. The first kappa shape index (κ1) is 13.1. The fraction of sp³-hybridized carbons (Fsp3) is 0.0625. The van der Waals surface area contributed by atoms with Crippen LogP contribution in [-0.2, 0) is 0 Å². The van der Waals surface area contributed by atoms with Crippen LogP contribution in [0.4, 0.5) is 5.82 Å². The smallest absolute Gasteiger partial charge is 0.260 e. The zero-order valence-electron chi connectivity index (χ0n) is 11.5. The van der Waals surface area contributed by atoms with Crippen LogP contribution in [0.2, 0.25) is 0 Å². The zero-order valence-corrected chi connectivity index (χ0v) is 11.5. The number of amides is 1. The van der Waals surface area contributed by atoms with Crippen molar-refractivity contribution in [2.45, 2.75) is 6.92 Å². The third-order valence-corrected chi connectivity index (χ3v) is 3.10. The van der Waals surface area contributed by atoms with Crippen LogP contribution in [0.15, 0.2) is 54.9 Å². The average molecular weight is 278 g/mol. The van der Waals surface area contributed by atoms with Crippen LogP contribution in [0.1, 0.15) is 15.9 Å². The number of carbonyl (C=O) groups is 1. The van der Waals surface area contributed by atoms with Crippen LogP contribution in [0.3, 0.4) is 0 Å². The van der Waals surface area contributed by atoms with E-state index in [1.54, 1.807) is 12.3 Å². The predicted octanol–water partition coefficient (Wildman–Crippen LogP) is 3.03. The number of nitrogens with one attached hydrogen (secondary N) is 2. The van der Waals surface area contributed by atoms with Gasteiger partial charge in [-0.2, -0.15) is 5.10 Å². The molecule has 1 aromatic carbocycles. The van der Waals surface area contributed by atoms with Crippen molar-refractivity contribution < 1.29 is 4.79 Å². The first-order valence-corrected chi connectivity index (χ1v) is 6.57. The third-order valence-electron chi connectivity index (χ3n) is 3.10. The second kappa shape index (κ2) is 5.58. The van der Waals surface area contributed by atoms with E-state index in [0.29, 0.717) is 17.1 Å². The van der Waals surface area contributed by atoms with Crippen LogP contribution < -0.4 is 5.32 Å². The Morgan fingerprint density at radius 2 is 1.90 bits per heavy atom. The summed E-state index contributed by atoms with van der Waals surface area (Å²) in [4.78, 5) is 16.5. The van der Waals surface area contributed by atoms with E-state index in [9.17, 15) is 4.79 Å². The van der Waals surface area contributed by atoms with E-state index in [-0.39, 0.29) is 5.91 Å². The molecule has 0 bridgehead atoms. The molecule has 0 saturated heterocycles. The van der Waals surface area contributed by atoms with Crippen LogP contribution in [0.5, 0.6) is 0 Å². The van der Waals surface area contributed by atoms with Gasteiger partial charge in [0.2, 0.25) is 0 Å². The summed E-state index contributed by atoms with van der Waals surface area (Å²) in [6.07, 6.45) is 3.23. The SMILES string of the molecule is Cc1ccc(NC(=O)c2cn[nH]c2-c2ccccc2)nc1. The van der Waals surface area contributed by atoms with E-state index in [4.69, 9.17) is 0 Å². The van der Waals surface area contributed by atoms with Crippen molar-refractivity contribution >= 4 is 11.7 Å². The minimum absolute atomic E-state index is 0.237. The largest absolute Gasteiger partial charge is 0.306 e.